The van der Waals surface area contributed by atoms with Crippen LogP contribution >= 0.6 is 11.8 Å². The number of ether oxygens (including phenoxy) is 2. The van der Waals surface area contributed by atoms with Gasteiger partial charge in [0, 0.05) is 5.75 Å². The van der Waals surface area contributed by atoms with E-state index in [4.69, 9.17) is 9.47 Å². The van der Waals surface area contributed by atoms with Crippen molar-refractivity contribution < 1.29 is 29.0 Å². The summed E-state index contributed by atoms with van der Waals surface area (Å²) in [5.74, 6) is -1.94. The van der Waals surface area contributed by atoms with Gasteiger partial charge in [0.25, 0.3) is 0 Å². The molecule has 1 N–H and O–H groups in total. The van der Waals surface area contributed by atoms with Crippen LogP contribution < -0.4 is 10.4 Å². The van der Waals surface area contributed by atoms with Crippen LogP contribution in [-0.4, -0.2) is 46.8 Å². The highest BCUT2D eigenvalue weighted by atomic mass is 32.2. The Labute approximate surface area is 135 Å². The molecule has 0 heterocycles. The molecule has 0 radical (unpaired) electrons. The van der Waals surface area contributed by atoms with Gasteiger partial charge in [0.05, 0.1) is 17.8 Å². The Morgan fingerprint density at radius 3 is 1.95 bits per heavy atom. The first-order chi connectivity index (χ1) is 9.80. The molecule has 0 aliphatic carbocycles. The Balaban J connectivity index is 4.30. The highest BCUT2D eigenvalue weighted by Gasteiger charge is 2.21. The molecule has 1 atom stereocenters. The summed E-state index contributed by atoms with van der Waals surface area (Å²) in [5, 5.41) is 13.2. The molecule has 128 valence electrons. The van der Waals surface area contributed by atoms with Crippen LogP contribution in [0.3, 0.4) is 0 Å². The minimum absolute atomic E-state index is 0.0168. The van der Waals surface area contributed by atoms with E-state index in [2.05, 4.69) is 5.32 Å². The van der Waals surface area contributed by atoms with Crippen LogP contribution in [0.25, 0.3) is 0 Å². The van der Waals surface area contributed by atoms with Crippen molar-refractivity contribution in [1.82, 2.24) is 5.32 Å². The largest absolute Gasteiger partial charge is 0.548 e. The first-order valence-electron chi connectivity index (χ1n) is 6.80. The van der Waals surface area contributed by atoms with Crippen molar-refractivity contribution in [3.05, 3.63) is 0 Å². The molecule has 0 aromatic carbocycles. The van der Waals surface area contributed by atoms with Gasteiger partial charge in [0.1, 0.15) is 11.2 Å². The van der Waals surface area contributed by atoms with E-state index in [1.807, 2.05) is 0 Å². The van der Waals surface area contributed by atoms with Crippen LogP contribution in [0.1, 0.15) is 41.5 Å². The van der Waals surface area contributed by atoms with Crippen molar-refractivity contribution in [2.75, 3.05) is 11.5 Å². The summed E-state index contributed by atoms with van der Waals surface area (Å²) in [5.41, 5.74) is -1.33. The molecule has 0 saturated heterocycles. The lowest BCUT2D eigenvalue weighted by Crippen LogP contribution is -2.50. The standard InChI is InChI=1S/C14H25NO6S/c1-13(2,3)20-10(16)8-22-7-9(11(17)18)15-12(19)21-14(4,5)6/h9H,7-8H2,1-6H3,(H,15,19)(H,17,18)/p-1/t9-/m1/s1. The Bertz CT molecular complexity index is 411. The second-order valence-corrected chi connectivity index (χ2v) is 7.65. The van der Waals surface area contributed by atoms with Crippen molar-refractivity contribution in [3.8, 4) is 0 Å². The number of hydrogen-bond donors (Lipinski definition) is 1. The maximum Gasteiger partial charge on any atom is 0.408 e. The molecule has 0 unspecified atom stereocenters. The number of esters is 1. The van der Waals surface area contributed by atoms with Crippen molar-refractivity contribution in [1.29, 1.82) is 0 Å². The van der Waals surface area contributed by atoms with E-state index in [0.717, 1.165) is 11.8 Å². The summed E-state index contributed by atoms with van der Waals surface area (Å²) in [7, 11) is 0. The predicted molar refractivity (Wildman–Crippen MR) is 81.3 cm³/mol. The van der Waals surface area contributed by atoms with E-state index in [1.165, 1.54) is 0 Å². The third-order valence-corrected chi connectivity index (χ3v) is 2.91. The molecule has 0 bridgehead atoms. The number of carboxylic acid groups (broad SMARTS) is 1. The molecule has 0 aromatic heterocycles. The first kappa shape index (κ1) is 20.6. The first-order valence-corrected chi connectivity index (χ1v) is 7.95. The molecule has 0 spiro atoms. The summed E-state index contributed by atoms with van der Waals surface area (Å²) in [6.07, 6.45) is -0.848. The molecular weight excluding hydrogens is 310 g/mol. The summed E-state index contributed by atoms with van der Waals surface area (Å²) in [6, 6.07) is -1.25. The highest BCUT2D eigenvalue weighted by molar-refractivity contribution is 8.00. The zero-order valence-corrected chi connectivity index (χ0v) is 14.7. The lowest BCUT2D eigenvalue weighted by Gasteiger charge is -2.24. The Hall–Kier alpha value is -1.44. The normalized spacial score (nSPS) is 13.2. The second kappa shape index (κ2) is 8.26. The van der Waals surface area contributed by atoms with Crippen LogP contribution in [0.2, 0.25) is 0 Å². The second-order valence-electron chi connectivity index (χ2n) is 6.62. The molecule has 0 aromatic rings. The molecule has 7 nitrogen and oxygen atoms in total. The van der Waals surface area contributed by atoms with Gasteiger partial charge in [0.2, 0.25) is 0 Å². The van der Waals surface area contributed by atoms with E-state index in [1.54, 1.807) is 41.5 Å². The van der Waals surface area contributed by atoms with Crippen molar-refractivity contribution >= 4 is 29.8 Å². The third-order valence-electron chi connectivity index (χ3n) is 1.90. The van der Waals surface area contributed by atoms with Crippen LogP contribution in [0.4, 0.5) is 4.79 Å². The van der Waals surface area contributed by atoms with E-state index in [0.29, 0.717) is 0 Å². The van der Waals surface area contributed by atoms with E-state index in [-0.39, 0.29) is 11.5 Å². The molecule has 0 saturated carbocycles. The van der Waals surface area contributed by atoms with Crippen LogP contribution in [-0.2, 0) is 19.1 Å². The number of carbonyl (C=O) groups excluding carboxylic acids is 3. The van der Waals surface area contributed by atoms with Crippen molar-refractivity contribution in [2.24, 2.45) is 0 Å². The number of alkyl carbamates (subject to hydrolysis) is 1. The van der Waals surface area contributed by atoms with Gasteiger partial charge in [0.15, 0.2) is 0 Å². The number of thioether (sulfide) groups is 1. The van der Waals surface area contributed by atoms with E-state index >= 15 is 0 Å². The van der Waals surface area contributed by atoms with Gasteiger partial charge in [-0.15, -0.1) is 11.8 Å². The smallest absolute Gasteiger partial charge is 0.408 e. The minimum atomic E-state index is -1.44. The maximum absolute atomic E-state index is 11.5. The predicted octanol–water partition coefficient (Wildman–Crippen LogP) is 0.705. The Morgan fingerprint density at radius 2 is 1.55 bits per heavy atom. The van der Waals surface area contributed by atoms with Gasteiger partial charge in [-0.3, -0.25) is 4.79 Å². The van der Waals surface area contributed by atoms with Gasteiger partial charge in [-0.2, -0.15) is 0 Å². The molecule has 8 heteroatoms. The molecular formula is C14H24NO6S-. The number of hydrogen-bond acceptors (Lipinski definition) is 7. The molecule has 0 rings (SSSR count). The van der Waals surface area contributed by atoms with Crippen molar-refractivity contribution in [2.45, 2.75) is 58.8 Å². The molecule has 0 aliphatic rings. The molecule has 1 amide bonds. The molecule has 0 fully saturated rings. The van der Waals surface area contributed by atoms with Crippen LogP contribution in [0, 0.1) is 0 Å². The van der Waals surface area contributed by atoms with Gasteiger partial charge in [-0.25, -0.2) is 4.79 Å². The van der Waals surface area contributed by atoms with Crippen LogP contribution in [0.5, 0.6) is 0 Å². The fraction of sp³-hybridized carbons (Fsp3) is 0.786. The third kappa shape index (κ3) is 11.2. The van der Waals surface area contributed by atoms with Gasteiger partial charge in [-0.1, -0.05) is 0 Å². The maximum atomic E-state index is 11.5. The number of amides is 1. The highest BCUT2D eigenvalue weighted by Crippen LogP contribution is 2.11. The molecule has 0 aliphatic heterocycles. The number of rotatable bonds is 6. The number of carboxylic acids is 1. The Morgan fingerprint density at radius 1 is 1.05 bits per heavy atom. The lowest BCUT2D eigenvalue weighted by molar-refractivity contribution is -0.307. The average molecular weight is 334 g/mol. The van der Waals surface area contributed by atoms with Crippen LogP contribution in [0.15, 0.2) is 0 Å². The number of aliphatic carboxylic acids is 1. The van der Waals surface area contributed by atoms with E-state index in [9.17, 15) is 19.5 Å². The minimum Gasteiger partial charge on any atom is -0.548 e. The summed E-state index contributed by atoms with van der Waals surface area (Å²) >= 11 is 1.03. The summed E-state index contributed by atoms with van der Waals surface area (Å²) < 4.78 is 10.1. The van der Waals surface area contributed by atoms with Gasteiger partial charge < -0.3 is 24.7 Å². The summed E-state index contributed by atoms with van der Waals surface area (Å²) in [6.45, 7) is 10.2. The number of nitrogens with one attached hydrogen (secondary N) is 1. The topological polar surface area (TPSA) is 105 Å². The number of carbonyl (C=O) groups is 3. The average Bonchev–Trinajstić information content (AvgIpc) is 2.22. The Kier molecular flexibility index (Phi) is 7.72. The van der Waals surface area contributed by atoms with Gasteiger partial charge in [-0.05, 0) is 41.5 Å². The van der Waals surface area contributed by atoms with Gasteiger partial charge >= 0.3 is 12.1 Å². The van der Waals surface area contributed by atoms with Crippen molar-refractivity contribution in [3.63, 3.8) is 0 Å². The zero-order chi connectivity index (χ0) is 17.6. The quantitative estimate of drug-likeness (QED) is 0.713. The van der Waals surface area contributed by atoms with E-state index < -0.39 is 35.3 Å². The monoisotopic (exact) mass is 334 g/mol. The zero-order valence-electron chi connectivity index (χ0n) is 13.8. The SMILES string of the molecule is CC(C)(C)OC(=O)CSC[C@@H](NC(=O)OC(C)(C)C)C(=O)[O-]. The molecule has 22 heavy (non-hydrogen) atoms. The lowest BCUT2D eigenvalue weighted by atomic mass is 10.2. The summed E-state index contributed by atoms with van der Waals surface area (Å²) in [4.78, 5) is 34.0. The fourth-order valence-corrected chi connectivity index (χ4v) is 2.05. The fourth-order valence-electron chi connectivity index (χ4n) is 1.25.